The zero-order valence-corrected chi connectivity index (χ0v) is 27.7. The van der Waals surface area contributed by atoms with Gasteiger partial charge in [-0.25, -0.2) is 13.8 Å². The Kier molecular flexibility index (Phi) is 6.86. The quantitative estimate of drug-likeness (QED) is 0.182. The lowest BCUT2D eigenvalue weighted by molar-refractivity contribution is 0.629. The van der Waals surface area contributed by atoms with Gasteiger partial charge < -0.3 is 4.42 Å². The number of pyridine rings is 1. The fourth-order valence-electron chi connectivity index (χ4n) is 7.28. The third-order valence-corrected chi connectivity index (χ3v) is 9.96. The summed E-state index contributed by atoms with van der Waals surface area (Å²) in [6.45, 7) is 0. The predicted molar refractivity (Wildman–Crippen MR) is 210 cm³/mol. The van der Waals surface area contributed by atoms with Crippen molar-refractivity contribution in [3.05, 3.63) is 182 Å². The molecule has 10 rings (SSSR count). The van der Waals surface area contributed by atoms with Gasteiger partial charge in [-0.05, 0) is 127 Å². The highest BCUT2D eigenvalue weighted by Gasteiger charge is 2.18. The first kappa shape index (κ1) is 30.0. The second kappa shape index (κ2) is 11.9. The summed E-state index contributed by atoms with van der Waals surface area (Å²) in [5.74, 6) is 0.204. The minimum atomic E-state index is -0.252. The molecule has 2 aromatic heterocycles. The first-order valence-corrected chi connectivity index (χ1v) is 17.1. The Bertz CT molecular complexity index is 2860. The fraction of sp³-hybridized carbons (Fsp3) is 0. The zero-order valence-electron chi connectivity index (χ0n) is 27.7. The van der Waals surface area contributed by atoms with E-state index in [4.69, 9.17) is 9.40 Å². The summed E-state index contributed by atoms with van der Waals surface area (Å²) in [4.78, 5) is 7.12. The first-order valence-electron chi connectivity index (χ1n) is 17.1. The Morgan fingerprint density at radius 1 is 0.404 bits per heavy atom. The largest absolute Gasteiger partial charge is 0.456 e. The number of aromatic nitrogens is 1. The molecule has 0 unspecified atom stereocenters. The molecule has 0 bridgehead atoms. The predicted octanol–water partition coefficient (Wildman–Crippen LogP) is 13.5. The summed E-state index contributed by atoms with van der Waals surface area (Å²) in [5.41, 5.74) is 7.45. The van der Waals surface area contributed by atoms with Crippen LogP contribution in [0, 0.1) is 11.6 Å². The molecule has 0 saturated carbocycles. The second-order valence-corrected chi connectivity index (χ2v) is 13.2. The number of benzene rings is 8. The molecule has 5 heteroatoms. The van der Waals surface area contributed by atoms with Gasteiger partial charge in [-0.1, -0.05) is 84.9 Å². The van der Waals surface area contributed by atoms with Crippen molar-refractivity contribution in [3.8, 4) is 22.3 Å². The van der Waals surface area contributed by atoms with Crippen LogP contribution in [0.1, 0.15) is 0 Å². The Balaban J connectivity index is 1.07. The maximum Gasteiger partial charge on any atom is 0.141 e. The van der Waals surface area contributed by atoms with Gasteiger partial charge >= 0.3 is 0 Å². The fourth-order valence-corrected chi connectivity index (χ4v) is 7.28. The van der Waals surface area contributed by atoms with E-state index in [-0.39, 0.29) is 11.6 Å². The topological polar surface area (TPSA) is 29.3 Å². The number of nitrogens with zero attached hydrogens (tertiary/aromatic N) is 2. The molecule has 8 aromatic carbocycles. The van der Waals surface area contributed by atoms with Crippen molar-refractivity contribution in [2.45, 2.75) is 0 Å². The van der Waals surface area contributed by atoms with E-state index in [2.05, 4.69) is 89.8 Å². The maximum absolute atomic E-state index is 14.0. The lowest BCUT2D eigenvalue weighted by Crippen LogP contribution is -2.11. The van der Waals surface area contributed by atoms with Crippen molar-refractivity contribution in [2.75, 3.05) is 4.90 Å². The van der Waals surface area contributed by atoms with E-state index in [1.165, 1.54) is 12.1 Å². The molecule has 0 atom stereocenters. The lowest BCUT2D eigenvalue weighted by atomic mass is 10.00. The summed E-state index contributed by atoms with van der Waals surface area (Å²) >= 11 is 0. The minimum Gasteiger partial charge on any atom is -0.456 e. The van der Waals surface area contributed by atoms with Crippen molar-refractivity contribution in [2.24, 2.45) is 0 Å². The molecule has 2 heterocycles. The van der Waals surface area contributed by atoms with Crippen LogP contribution < -0.4 is 4.90 Å². The molecule has 0 fully saturated rings. The van der Waals surface area contributed by atoms with Crippen LogP contribution in [0.4, 0.5) is 26.0 Å². The Morgan fingerprint density at radius 3 is 1.48 bits per heavy atom. The molecule has 0 radical (unpaired) electrons. The summed E-state index contributed by atoms with van der Waals surface area (Å²) in [6, 6.07) is 53.1. The Hall–Kier alpha value is -6.85. The van der Waals surface area contributed by atoms with Crippen LogP contribution in [0.5, 0.6) is 0 Å². The SMILES string of the molecule is Fc1ccc2ccc(-c3ccc(N(c4ccc(-c5ccc6ccc(F)cc6c5)cc4)c4cc5oc6cc7ccccc7cc6c5cn4)cc3)cc2c1. The van der Waals surface area contributed by atoms with Gasteiger partial charge in [0.1, 0.15) is 28.6 Å². The third kappa shape index (κ3) is 5.22. The van der Waals surface area contributed by atoms with Gasteiger partial charge in [-0.15, -0.1) is 0 Å². The van der Waals surface area contributed by atoms with E-state index in [0.29, 0.717) is 5.82 Å². The summed E-state index contributed by atoms with van der Waals surface area (Å²) in [5, 5.41) is 7.95. The van der Waals surface area contributed by atoms with Gasteiger partial charge in [0.2, 0.25) is 0 Å². The molecule has 0 aliphatic heterocycles. The van der Waals surface area contributed by atoms with Gasteiger partial charge in [0, 0.05) is 34.4 Å². The normalized spacial score (nSPS) is 11.7. The van der Waals surface area contributed by atoms with Crippen LogP contribution in [0.25, 0.3) is 76.5 Å². The average molecular weight is 675 g/mol. The van der Waals surface area contributed by atoms with E-state index in [1.54, 1.807) is 24.3 Å². The minimum absolute atomic E-state index is 0.252. The zero-order chi connectivity index (χ0) is 34.8. The number of fused-ring (bicyclic) bond motifs is 6. The molecule has 10 aromatic rings. The third-order valence-electron chi connectivity index (χ3n) is 9.96. The second-order valence-electron chi connectivity index (χ2n) is 13.2. The molecule has 3 nitrogen and oxygen atoms in total. The average Bonchev–Trinajstić information content (AvgIpc) is 3.53. The van der Waals surface area contributed by atoms with E-state index in [0.717, 1.165) is 87.9 Å². The van der Waals surface area contributed by atoms with Crippen molar-refractivity contribution in [1.29, 1.82) is 0 Å². The number of anilines is 3. The van der Waals surface area contributed by atoms with Crippen LogP contribution in [0.3, 0.4) is 0 Å². The highest BCUT2D eigenvalue weighted by atomic mass is 19.1. The van der Waals surface area contributed by atoms with Crippen molar-refractivity contribution in [1.82, 2.24) is 4.98 Å². The van der Waals surface area contributed by atoms with Crippen LogP contribution in [0.15, 0.2) is 174 Å². The standard InChI is InChI=1S/C47H28F2N2O/c48-39-15-9-31-5-7-35(21-37(31)23-39)29-11-17-41(18-12-29)51(42-19-13-30(14-20-42)36-8-6-32-10-16-40(49)24-38(32)22-36)47-27-46-44(28-50-47)43-25-33-3-1-2-4-34(33)26-45(43)52-46/h1-28H. The molecule has 0 aliphatic rings. The van der Waals surface area contributed by atoms with Gasteiger partial charge in [0.15, 0.2) is 0 Å². The number of hydrogen-bond acceptors (Lipinski definition) is 3. The number of furan rings is 1. The summed E-state index contributed by atoms with van der Waals surface area (Å²) in [7, 11) is 0. The Labute approximate surface area is 297 Å². The summed E-state index contributed by atoms with van der Waals surface area (Å²) < 4.78 is 34.5. The van der Waals surface area contributed by atoms with Gasteiger partial charge in [0.25, 0.3) is 0 Å². The lowest BCUT2D eigenvalue weighted by Gasteiger charge is -2.24. The van der Waals surface area contributed by atoms with E-state index >= 15 is 0 Å². The monoisotopic (exact) mass is 674 g/mol. The van der Waals surface area contributed by atoms with E-state index in [9.17, 15) is 8.78 Å². The maximum atomic E-state index is 14.0. The molecule has 0 aliphatic carbocycles. The highest BCUT2D eigenvalue weighted by molar-refractivity contribution is 6.10. The molecule has 0 amide bonds. The smallest absolute Gasteiger partial charge is 0.141 e. The molecule has 0 spiro atoms. The highest BCUT2D eigenvalue weighted by Crippen LogP contribution is 2.39. The van der Waals surface area contributed by atoms with Gasteiger partial charge in [-0.3, -0.25) is 4.90 Å². The number of halogens is 2. The van der Waals surface area contributed by atoms with Gasteiger partial charge in [-0.2, -0.15) is 0 Å². The molecule has 0 N–H and O–H groups in total. The number of hydrogen-bond donors (Lipinski definition) is 0. The van der Waals surface area contributed by atoms with Crippen molar-refractivity contribution >= 4 is 71.4 Å². The summed E-state index contributed by atoms with van der Waals surface area (Å²) in [6.07, 6.45) is 1.89. The van der Waals surface area contributed by atoms with Crippen molar-refractivity contribution in [3.63, 3.8) is 0 Å². The van der Waals surface area contributed by atoms with Crippen LogP contribution in [0.2, 0.25) is 0 Å². The van der Waals surface area contributed by atoms with Crippen LogP contribution >= 0.6 is 0 Å². The first-order chi connectivity index (χ1) is 25.5. The molecule has 52 heavy (non-hydrogen) atoms. The van der Waals surface area contributed by atoms with E-state index < -0.39 is 0 Å². The molecule has 0 saturated heterocycles. The van der Waals surface area contributed by atoms with Crippen LogP contribution in [-0.2, 0) is 0 Å². The van der Waals surface area contributed by atoms with E-state index in [1.807, 2.05) is 48.7 Å². The van der Waals surface area contributed by atoms with Crippen molar-refractivity contribution < 1.29 is 13.2 Å². The van der Waals surface area contributed by atoms with Crippen LogP contribution in [-0.4, -0.2) is 4.98 Å². The molecule has 246 valence electrons. The Morgan fingerprint density at radius 2 is 0.904 bits per heavy atom. The van der Waals surface area contributed by atoms with Gasteiger partial charge in [0.05, 0.1) is 0 Å². The molecular weight excluding hydrogens is 647 g/mol. The molecular formula is C47H28F2N2O. The number of rotatable bonds is 5.